The van der Waals surface area contributed by atoms with Crippen molar-refractivity contribution in [1.82, 2.24) is 5.32 Å². The van der Waals surface area contributed by atoms with Crippen LogP contribution in [0.3, 0.4) is 0 Å². The molecule has 192 valence electrons. The fourth-order valence-electron chi connectivity index (χ4n) is 3.28. The number of amides is 1. The Morgan fingerprint density at radius 1 is 0.972 bits per heavy atom. The number of halogens is 2. The van der Waals surface area contributed by atoms with Gasteiger partial charge in [0.05, 0.1) is 34.8 Å². The predicted octanol–water partition coefficient (Wildman–Crippen LogP) is 5.26. The second kappa shape index (κ2) is 13.1. The zero-order chi connectivity index (χ0) is 26.1. The summed E-state index contributed by atoms with van der Waals surface area (Å²) in [6.45, 7) is -0.0544. The molecule has 3 aromatic rings. The van der Waals surface area contributed by atoms with Crippen LogP contribution in [-0.4, -0.2) is 47.4 Å². The number of ether oxygens (including phenoxy) is 2. The monoisotopic (exact) mass is 568 g/mol. The van der Waals surface area contributed by atoms with E-state index in [0.29, 0.717) is 33.8 Å². The van der Waals surface area contributed by atoms with Crippen molar-refractivity contribution in [2.75, 3.05) is 37.4 Å². The molecule has 0 spiro atoms. The first-order chi connectivity index (χ1) is 17.3. The summed E-state index contributed by atoms with van der Waals surface area (Å²) < 4.78 is 38.7. The van der Waals surface area contributed by atoms with Gasteiger partial charge in [-0.3, -0.25) is 9.10 Å². The first kappa shape index (κ1) is 28.0. The van der Waals surface area contributed by atoms with Crippen LogP contribution in [0.4, 0.5) is 5.69 Å². The average Bonchev–Trinajstić information content (AvgIpc) is 2.89. The lowest BCUT2D eigenvalue weighted by Crippen LogP contribution is -2.41. The fraction of sp³-hybridized carbons (Fsp3) is 0.240. The SMILES string of the molecule is COc1ccc(N(CC(=O)NCCSCc2ccc(Cl)c(Cl)c2)S(=O)(=O)c2ccccc2)c(OC)c1. The van der Waals surface area contributed by atoms with E-state index in [2.05, 4.69) is 5.32 Å². The summed E-state index contributed by atoms with van der Waals surface area (Å²) in [6, 6.07) is 18.1. The molecule has 0 heterocycles. The summed E-state index contributed by atoms with van der Waals surface area (Å²) in [5, 5.41) is 3.79. The van der Waals surface area contributed by atoms with E-state index in [1.165, 1.54) is 26.4 Å². The zero-order valence-electron chi connectivity index (χ0n) is 19.7. The second-order valence-electron chi connectivity index (χ2n) is 7.51. The van der Waals surface area contributed by atoms with Crippen molar-refractivity contribution in [2.24, 2.45) is 0 Å². The molecule has 0 bridgehead atoms. The first-order valence-electron chi connectivity index (χ1n) is 10.8. The summed E-state index contributed by atoms with van der Waals surface area (Å²) in [5.41, 5.74) is 1.25. The van der Waals surface area contributed by atoms with Crippen LogP contribution in [0.5, 0.6) is 11.5 Å². The predicted molar refractivity (Wildman–Crippen MR) is 146 cm³/mol. The molecule has 3 aromatic carbocycles. The Labute approximate surface area is 225 Å². The van der Waals surface area contributed by atoms with Crippen molar-refractivity contribution in [3.05, 3.63) is 82.3 Å². The molecule has 0 aliphatic heterocycles. The molecule has 0 radical (unpaired) electrons. The molecule has 0 saturated carbocycles. The number of benzene rings is 3. The lowest BCUT2D eigenvalue weighted by molar-refractivity contribution is -0.119. The summed E-state index contributed by atoms with van der Waals surface area (Å²) in [5.74, 6) is 1.64. The molecule has 11 heteroatoms. The molecule has 36 heavy (non-hydrogen) atoms. The van der Waals surface area contributed by atoms with E-state index in [1.807, 2.05) is 12.1 Å². The highest BCUT2D eigenvalue weighted by atomic mass is 35.5. The number of thioether (sulfide) groups is 1. The molecule has 0 unspecified atom stereocenters. The molecule has 7 nitrogen and oxygen atoms in total. The number of hydrogen-bond donors (Lipinski definition) is 1. The maximum Gasteiger partial charge on any atom is 0.264 e. The number of nitrogens with zero attached hydrogens (tertiary/aromatic N) is 1. The number of hydrogen-bond acceptors (Lipinski definition) is 6. The molecule has 0 fully saturated rings. The number of carbonyl (C=O) groups is 1. The van der Waals surface area contributed by atoms with Gasteiger partial charge in [-0.1, -0.05) is 47.5 Å². The van der Waals surface area contributed by atoms with E-state index in [1.54, 1.807) is 54.2 Å². The smallest absolute Gasteiger partial charge is 0.264 e. The van der Waals surface area contributed by atoms with Crippen LogP contribution in [0.15, 0.2) is 71.6 Å². The van der Waals surface area contributed by atoms with Crippen LogP contribution in [0.2, 0.25) is 10.0 Å². The van der Waals surface area contributed by atoms with Gasteiger partial charge in [-0.25, -0.2) is 8.42 Å². The van der Waals surface area contributed by atoms with Crippen LogP contribution in [0.25, 0.3) is 0 Å². The highest BCUT2D eigenvalue weighted by Gasteiger charge is 2.29. The van der Waals surface area contributed by atoms with Gasteiger partial charge in [-0.05, 0) is 42.0 Å². The third kappa shape index (κ3) is 7.22. The van der Waals surface area contributed by atoms with Crippen molar-refractivity contribution in [3.8, 4) is 11.5 Å². The summed E-state index contributed by atoms with van der Waals surface area (Å²) >= 11 is 13.6. The third-order valence-electron chi connectivity index (χ3n) is 5.10. The normalized spacial score (nSPS) is 11.1. The topological polar surface area (TPSA) is 84.9 Å². The van der Waals surface area contributed by atoms with Crippen molar-refractivity contribution in [2.45, 2.75) is 10.6 Å². The van der Waals surface area contributed by atoms with Crippen LogP contribution >= 0.6 is 35.0 Å². The Kier molecular flexibility index (Phi) is 10.2. The van der Waals surface area contributed by atoms with Gasteiger partial charge in [0.25, 0.3) is 10.0 Å². The van der Waals surface area contributed by atoms with E-state index in [9.17, 15) is 13.2 Å². The Morgan fingerprint density at radius 3 is 2.39 bits per heavy atom. The molecule has 0 aliphatic carbocycles. The number of rotatable bonds is 12. The van der Waals surface area contributed by atoms with Gasteiger partial charge in [0.15, 0.2) is 0 Å². The lowest BCUT2D eigenvalue weighted by Gasteiger charge is -2.26. The van der Waals surface area contributed by atoms with Crippen molar-refractivity contribution < 1.29 is 22.7 Å². The molecule has 0 aliphatic rings. The Hall–Kier alpha value is -2.59. The van der Waals surface area contributed by atoms with Gasteiger partial charge >= 0.3 is 0 Å². The van der Waals surface area contributed by atoms with Gasteiger partial charge < -0.3 is 14.8 Å². The quantitative estimate of drug-likeness (QED) is 0.300. The molecular weight excluding hydrogens is 543 g/mol. The minimum absolute atomic E-state index is 0.0628. The average molecular weight is 570 g/mol. The maximum absolute atomic E-state index is 13.5. The van der Waals surface area contributed by atoms with E-state index < -0.39 is 22.5 Å². The van der Waals surface area contributed by atoms with Crippen molar-refractivity contribution >= 4 is 56.6 Å². The molecule has 0 saturated heterocycles. The lowest BCUT2D eigenvalue weighted by atomic mass is 10.2. The van der Waals surface area contributed by atoms with E-state index in [4.69, 9.17) is 32.7 Å². The Morgan fingerprint density at radius 2 is 1.72 bits per heavy atom. The second-order valence-corrected chi connectivity index (χ2v) is 11.3. The number of carbonyl (C=O) groups excluding carboxylic acids is 1. The highest BCUT2D eigenvalue weighted by molar-refractivity contribution is 7.98. The summed E-state index contributed by atoms with van der Waals surface area (Å²) in [6.07, 6.45) is 0. The first-order valence-corrected chi connectivity index (χ1v) is 14.2. The number of sulfonamides is 1. The molecule has 0 aromatic heterocycles. The van der Waals surface area contributed by atoms with Crippen molar-refractivity contribution in [3.63, 3.8) is 0 Å². The van der Waals surface area contributed by atoms with E-state index >= 15 is 0 Å². The van der Waals surface area contributed by atoms with Crippen LogP contribution in [0.1, 0.15) is 5.56 Å². The van der Waals surface area contributed by atoms with Gasteiger partial charge in [0.2, 0.25) is 5.91 Å². The molecular formula is C25H26Cl2N2O5S2. The number of anilines is 1. The molecule has 0 atom stereocenters. The summed E-state index contributed by atoms with van der Waals surface area (Å²) in [7, 11) is -1.13. The third-order valence-corrected chi connectivity index (χ3v) is 8.64. The molecule has 1 amide bonds. The minimum atomic E-state index is -4.06. The van der Waals surface area contributed by atoms with Crippen LogP contribution < -0.4 is 19.1 Å². The Bertz CT molecular complexity index is 1290. The minimum Gasteiger partial charge on any atom is -0.497 e. The van der Waals surface area contributed by atoms with Gasteiger partial charge in [0, 0.05) is 24.1 Å². The van der Waals surface area contributed by atoms with Gasteiger partial charge in [-0.2, -0.15) is 11.8 Å². The summed E-state index contributed by atoms with van der Waals surface area (Å²) in [4.78, 5) is 12.9. The van der Waals surface area contributed by atoms with Crippen molar-refractivity contribution in [1.29, 1.82) is 0 Å². The molecule has 1 N–H and O–H groups in total. The van der Waals surface area contributed by atoms with Crippen LogP contribution in [-0.2, 0) is 20.6 Å². The fourth-order valence-corrected chi connectivity index (χ4v) is 5.86. The molecule has 3 rings (SSSR count). The standard InChI is InChI=1S/C25H26Cl2N2O5S2/c1-33-19-9-11-23(24(15-19)34-2)29(36(31,32)20-6-4-3-5-7-20)16-25(30)28-12-13-35-17-18-8-10-21(26)22(27)14-18/h3-11,14-15H,12-13,16-17H2,1-2H3,(H,28,30). The van der Waals surface area contributed by atoms with E-state index in [-0.39, 0.29) is 16.3 Å². The largest absolute Gasteiger partial charge is 0.497 e. The van der Waals surface area contributed by atoms with Gasteiger partial charge in [-0.15, -0.1) is 0 Å². The van der Waals surface area contributed by atoms with Crippen LogP contribution in [0, 0.1) is 0 Å². The highest BCUT2D eigenvalue weighted by Crippen LogP contribution is 2.35. The zero-order valence-corrected chi connectivity index (χ0v) is 22.9. The Balaban J connectivity index is 1.70. The number of nitrogens with one attached hydrogen (secondary N) is 1. The van der Waals surface area contributed by atoms with Gasteiger partial charge in [0.1, 0.15) is 18.0 Å². The number of methoxy groups -OCH3 is 2. The van der Waals surface area contributed by atoms with E-state index in [0.717, 1.165) is 9.87 Å². The maximum atomic E-state index is 13.5.